The van der Waals surface area contributed by atoms with Gasteiger partial charge < -0.3 is 19.7 Å². The van der Waals surface area contributed by atoms with E-state index in [1.165, 1.54) is 0 Å². The van der Waals surface area contributed by atoms with Crippen LogP contribution in [0.3, 0.4) is 0 Å². The second kappa shape index (κ2) is 10.7. The van der Waals surface area contributed by atoms with Crippen LogP contribution in [0.25, 0.3) is 0 Å². The van der Waals surface area contributed by atoms with Crippen molar-refractivity contribution in [2.75, 3.05) is 40.4 Å². The maximum absolute atomic E-state index is 11.3. The highest BCUT2D eigenvalue weighted by Crippen LogP contribution is 2.36. The highest BCUT2D eigenvalue weighted by atomic mass is 35.5. The van der Waals surface area contributed by atoms with Gasteiger partial charge in [-0.25, -0.2) is 0 Å². The standard InChI is InChI=1S/C17H24ClN3O3/c1-4-23-15-12-13(6-8-20-16(22)5-7-19)11-14(18)17(15)24-10-9-21(2)3/h11-12H,4-6,8-10H2,1-3H3,(H,20,22). The molecule has 24 heavy (non-hydrogen) atoms. The van der Waals surface area contributed by atoms with Gasteiger partial charge in [0.1, 0.15) is 13.0 Å². The number of hydrogen-bond donors (Lipinski definition) is 1. The van der Waals surface area contributed by atoms with Crippen molar-refractivity contribution in [3.05, 3.63) is 22.7 Å². The Kier molecular flexibility index (Phi) is 8.98. The Morgan fingerprint density at radius 2 is 2.12 bits per heavy atom. The van der Waals surface area contributed by atoms with Gasteiger partial charge in [-0.05, 0) is 45.1 Å². The minimum Gasteiger partial charge on any atom is -0.490 e. The fourth-order valence-corrected chi connectivity index (χ4v) is 2.27. The van der Waals surface area contributed by atoms with Gasteiger partial charge in [-0.1, -0.05) is 11.6 Å². The van der Waals surface area contributed by atoms with Crippen LogP contribution >= 0.6 is 11.6 Å². The van der Waals surface area contributed by atoms with Crippen LogP contribution in [0.15, 0.2) is 12.1 Å². The fraction of sp³-hybridized carbons (Fsp3) is 0.529. The SMILES string of the molecule is CCOc1cc(CCNC(=O)CC#N)cc(Cl)c1OCCN(C)C. The van der Waals surface area contributed by atoms with Gasteiger partial charge in [-0.2, -0.15) is 5.26 Å². The highest BCUT2D eigenvalue weighted by molar-refractivity contribution is 6.32. The summed E-state index contributed by atoms with van der Waals surface area (Å²) in [4.78, 5) is 13.3. The first kappa shape index (κ1) is 20.1. The van der Waals surface area contributed by atoms with E-state index in [0.717, 1.165) is 12.1 Å². The van der Waals surface area contributed by atoms with Crippen LogP contribution in [0.4, 0.5) is 0 Å². The lowest BCUT2D eigenvalue weighted by molar-refractivity contribution is -0.120. The molecular formula is C17H24ClN3O3. The molecule has 0 aliphatic carbocycles. The molecule has 0 radical (unpaired) electrons. The van der Waals surface area contributed by atoms with E-state index in [4.69, 9.17) is 26.3 Å². The number of carbonyl (C=O) groups is 1. The molecule has 0 aliphatic heterocycles. The van der Waals surface area contributed by atoms with Gasteiger partial charge in [0.15, 0.2) is 11.5 Å². The number of hydrogen-bond acceptors (Lipinski definition) is 5. The molecule has 132 valence electrons. The van der Waals surface area contributed by atoms with Crippen LogP contribution in [-0.4, -0.2) is 51.2 Å². The molecular weight excluding hydrogens is 330 g/mol. The number of nitriles is 1. The van der Waals surface area contributed by atoms with Crippen molar-refractivity contribution in [3.63, 3.8) is 0 Å². The minimum atomic E-state index is -0.280. The average Bonchev–Trinajstić information content (AvgIpc) is 2.50. The Bertz CT molecular complexity index is 585. The van der Waals surface area contributed by atoms with E-state index in [2.05, 4.69) is 5.32 Å². The third kappa shape index (κ3) is 7.07. The zero-order chi connectivity index (χ0) is 17.9. The van der Waals surface area contributed by atoms with Crippen molar-refractivity contribution in [2.45, 2.75) is 19.8 Å². The maximum atomic E-state index is 11.3. The summed E-state index contributed by atoms with van der Waals surface area (Å²) in [5.74, 6) is 0.858. The lowest BCUT2D eigenvalue weighted by atomic mass is 10.1. The molecule has 1 rings (SSSR count). The largest absolute Gasteiger partial charge is 0.490 e. The van der Waals surface area contributed by atoms with Gasteiger partial charge in [-0.15, -0.1) is 0 Å². The summed E-state index contributed by atoms with van der Waals surface area (Å²) < 4.78 is 11.4. The zero-order valence-corrected chi connectivity index (χ0v) is 15.2. The molecule has 0 heterocycles. The predicted molar refractivity (Wildman–Crippen MR) is 93.6 cm³/mol. The maximum Gasteiger partial charge on any atom is 0.234 e. The minimum absolute atomic E-state index is 0.135. The van der Waals surface area contributed by atoms with E-state index >= 15 is 0 Å². The number of nitrogens with zero attached hydrogens (tertiary/aromatic N) is 2. The second-order valence-electron chi connectivity index (χ2n) is 5.42. The van der Waals surface area contributed by atoms with Gasteiger partial charge in [-0.3, -0.25) is 4.79 Å². The van der Waals surface area contributed by atoms with Crippen LogP contribution in [0.1, 0.15) is 18.9 Å². The molecule has 6 nitrogen and oxygen atoms in total. The molecule has 0 fully saturated rings. The van der Waals surface area contributed by atoms with Gasteiger partial charge >= 0.3 is 0 Å². The number of amides is 1. The summed E-state index contributed by atoms with van der Waals surface area (Å²) in [5.41, 5.74) is 0.931. The Balaban J connectivity index is 2.74. The van der Waals surface area contributed by atoms with Gasteiger partial charge in [0.25, 0.3) is 0 Å². The van der Waals surface area contributed by atoms with Crippen LogP contribution in [-0.2, 0) is 11.2 Å². The first-order valence-corrected chi connectivity index (χ1v) is 8.22. The Morgan fingerprint density at radius 3 is 2.75 bits per heavy atom. The van der Waals surface area contributed by atoms with Crippen LogP contribution < -0.4 is 14.8 Å². The monoisotopic (exact) mass is 353 g/mol. The molecule has 0 bridgehead atoms. The van der Waals surface area contributed by atoms with E-state index in [9.17, 15) is 4.79 Å². The van der Waals surface area contributed by atoms with E-state index in [-0.39, 0.29) is 12.3 Å². The van der Waals surface area contributed by atoms with Crippen LogP contribution in [0, 0.1) is 11.3 Å². The van der Waals surface area contributed by atoms with Crippen molar-refractivity contribution < 1.29 is 14.3 Å². The molecule has 1 aromatic carbocycles. The molecule has 1 amide bonds. The molecule has 1 N–H and O–H groups in total. The zero-order valence-electron chi connectivity index (χ0n) is 14.4. The molecule has 0 atom stereocenters. The number of halogens is 1. The molecule has 0 unspecified atom stereocenters. The quantitative estimate of drug-likeness (QED) is 0.698. The van der Waals surface area contributed by atoms with E-state index in [0.29, 0.717) is 42.7 Å². The lowest BCUT2D eigenvalue weighted by Crippen LogP contribution is -2.24. The average molecular weight is 354 g/mol. The number of nitrogens with one attached hydrogen (secondary N) is 1. The van der Waals surface area contributed by atoms with Crippen molar-refractivity contribution in [1.82, 2.24) is 10.2 Å². The lowest BCUT2D eigenvalue weighted by Gasteiger charge is -2.17. The van der Waals surface area contributed by atoms with Crippen molar-refractivity contribution in [3.8, 4) is 17.6 Å². The van der Waals surface area contributed by atoms with E-state index in [1.807, 2.05) is 44.1 Å². The van der Waals surface area contributed by atoms with Gasteiger partial charge in [0.05, 0.1) is 17.7 Å². The van der Waals surface area contributed by atoms with Crippen LogP contribution in [0.5, 0.6) is 11.5 Å². The molecule has 7 heteroatoms. The van der Waals surface area contributed by atoms with E-state index < -0.39 is 0 Å². The van der Waals surface area contributed by atoms with Crippen molar-refractivity contribution in [1.29, 1.82) is 5.26 Å². The molecule has 0 aromatic heterocycles. The summed E-state index contributed by atoms with van der Waals surface area (Å²) >= 11 is 6.33. The predicted octanol–water partition coefficient (Wildman–Crippen LogP) is 2.25. The topological polar surface area (TPSA) is 74.6 Å². The third-order valence-corrected chi connectivity index (χ3v) is 3.41. The Labute approximate surface area is 148 Å². The Morgan fingerprint density at radius 1 is 1.38 bits per heavy atom. The molecule has 0 saturated carbocycles. The summed E-state index contributed by atoms with van der Waals surface area (Å²) in [6.45, 7) is 4.11. The van der Waals surface area contributed by atoms with Crippen LogP contribution in [0.2, 0.25) is 5.02 Å². The third-order valence-electron chi connectivity index (χ3n) is 3.13. The molecule has 0 aliphatic rings. The van der Waals surface area contributed by atoms with E-state index in [1.54, 1.807) is 0 Å². The molecule has 0 saturated heterocycles. The fourth-order valence-electron chi connectivity index (χ4n) is 1.98. The molecule has 0 spiro atoms. The number of rotatable bonds is 10. The summed E-state index contributed by atoms with van der Waals surface area (Å²) in [5, 5.41) is 11.6. The number of ether oxygens (including phenoxy) is 2. The van der Waals surface area contributed by atoms with Crippen molar-refractivity contribution in [2.24, 2.45) is 0 Å². The number of likely N-dealkylation sites (N-methyl/N-ethyl adjacent to an activating group) is 1. The Hall–Kier alpha value is -1.97. The number of carbonyl (C=O) groups excluding carboxylic acids is 1. The summed E-state index contributed by atoms with van der Waals surface area (Å²) in [6, 6.07) is 5.50. The normalized spacial score (nSPS) is 10.3. The molecule has 1 aromatic rings. The van der Waals surface area contributed by atoms with Gasteiger partial charge in [0.2, 0.25) is 5.91 Å². The number of benzene rings is 1. The summed E-state index contributed by atoms with van der Waals surface area (Å²) in [7, 11) is 3.94. The highest BCUT2D eigenvalue weighted by Gasteiger charge is 2.13. The first-order chi connectivity index (χ1) is 11.5. The first-order valence-electron chi connectivity index (χ1n) is 7.84. The second-order valence-corrected chi connectivity index (χ2v) is 5.83. The van der Waals surface area contributed by atoms with Crippen molar-refractivity contribution >= 4 is 17.5 Å². The summed E-state index contributed by atoms with van der Waals surface area (Å²) in [6.07, 6.45) is 0.457. The van der Waals surface area contributed by atoms with Gasteiger partial charge in [0, 0.05) is 13.1 Å². The smallest absolute Gasteiger partial charge is 0.234 e.